The van der Waals surface area contributed by atoms with Crippen LogP contribution in [0.1, 0.15) is 43.6 Å². The van der Waals surface area contributed by atoms with Crippen LogP contribution in [0.25, 0.3) is 0 Å². The molecule has 3 aromatic rings. The quantitative estimate of drug-likeness (QED) is 0.395. The van der Waals surface area contributed by atoms with E-state index in [4.69, 9.17) is 13.9 Å². The van der Waals surface area contributed by atoms with Gasteiger partial charge in [-0.1, -0.05) is 63.2 Å². The predicted molar refractivity (Wildman–Crippen MR) is 122 cm³/mol. The van der Waals surface area contributed by atoms with Gasteiger partial charge in [0.25, 0.3) is 0 Å². The molecule has 0 saturated heterocycles. The Bertz CT molecular complexity index is 837. The Morgan fingerprint density at radius 3 is 1.52 bits per heavy atom. The highest BCUT2D eigenvalue weighted by atomic mass is 28.3. The maximum atomic E-state index is 6.61. The minimum absolute atomic E-state index is 0.0397. The molecule has 3 rings (SSSR count). The third kappa shape index (κ3) is 4.27. The minimum Gasteiger partial charge on any atom is -0.497 e. The summed E-state index contributed by atoms with van der Waals surface area (Å²) in [6.07, 6.45) is 0. The maximum absolute atomic E-state index is 6.61. The second-order valence-electron chi connectivity index (χ2n) is 7.52. The van der Waals surface area contributed by atoms with E-state index < -0.39 is 8.07 Å². The van der Waals surface area contributed by atoms with Crippen LogP contribution in [0.2, 0.25) is 18.1 Å². The van der Waals surface area contributed by atoms with E-state index in [0.29, 0.717) is 0 Å². The lowest BCUT2D eigenvalue weighted by molar-refractivity contribution is 0.414. The van der Waals surface area contributed by atoms with Crippen LogP contribution >= 0.6 is 0 Å². The lowest BCUT2D eigenvalue weighted by Crippen LogP contribution is -2.44. The maximum Gasteiger partial charge on any atom is 0.131 e. The molecule has 2 aromatic carbocycles. The average Bonchev–Trinajstić information content (AvgIpc) is 3.27. The van der Waals surface area contributed by atoms with Gasteiger partial charge in [-0.3, -0.25) is 0 Å². The van der Waals surface area contributed by atoms with Crippen molar-refractivity contribution in [3.05, 3.63) is 77.6 Å². The first-order valence-electron chi connectivity index (χ1n) is 10.5. The summed E-state index contributed by atoms with van der Waals surface area (Å²) in [5.41, 5.74) is 2.38. The van der Waals surface area contributed by atoms with Crippen LogP contribution in [0.4, 0.5) is 0 Å². The number of rotatable bonds is 9. The van der Waals surface area contributed by atoms with Crippen LogP contribution in [0, 0.1) is 0 Å². The SMILES string of the molecule is CC[Si](CC)(CC)c1ccc(C(c2ccc(OC)cc2)c2ccc(OC)cc2)o1. The van der Waals surface area contributed by atoms with Crippen LogP contribution in [0.15, 0.2) is 65.1 Å². The molecule has 0 aliphatic heterocycles. The molecule has 0 amide bonds. The van der Waals surface area contributed by atoms with Crippen molar-refractivity contribution in [1.82, 2.24) is 0 Å². The Kier molecular flexibility index (Phi) is 6.86. The fourth-order valence-electron chi connectivity index (χ4n) is 4.18. The molecule has 0 aliphatic rings. The van der Waals surface area contributed by atoms with Gasteiger partial charge in [-0.15, -0.1) is 0 Å². The van der Waals surface area contributed by atoms with Crippen molar-refractivity contribution in [1.29, 1.82) is 0 Å². The first kappa shape index (κ1) is 21.3. The van der Waals surface area contributed by atoms with E-state index in [1.165, 1.54) is 34.6 Å². The van der Waals surface area contributed by atoms with Crippen LogP contribution < -0.4 is 14.9 Å². The predicted octanol–water partition coefficient (Wildman–Crippen LogP) is 6.19. The molecule has 0 radical (unpaired) electrons. The second-order valence-corrected chi connectivity index (χ2v) is 12.7. The molecule has 1 aromatic heterocycles. The first-order chi connectivity index (χ1) is 14.1. The Balaban J connectivity index is 2.07. The molecule has 0 atom stereocenters. The van der Waals surface area contributed by atoms with Crippen LogP contribution in [0.5, 0.6) is 11.5 Å². The molecule has 1 heterocycles. The van der Waals surface area contributed by atoms with E-state index in [1.807, 2.05) is 24.3 Å². The van der Waals surface area contributed by atoms with Crippen molar-refractivity contribution >= 4 is 13.5 Å². The number of benzene rings is 2. The molecule has 29 heavy (non-hydrogen) atoms. The third-order valence-electron chi connectivity index (χ3n) is 6.36. The summed E-state index contributed by atoms with van der Waals surface area (Å²) in [5, 5.41) is 1.23. The van der Waals surface area contributed by atoms with Gasteiger partial charge in [0.05, 0.1) is 25.5 Å². The van der Waals surface area contributed by atoms with Gasteiger partial charge in [-0.25, -0.2) is 0 Å². The highest BCUT2D eigenvalue weighted by Crippen LogP contribution is 2.34. The van der Waals surface area contributed by atoms with Crippen LogP contribution in [-0.4, -0.2) is 22.3 Å². The number of methoxy groups -OCH3 is 2. The van der Waals surface area contributed by atoms with E-state index >= 15 is 0 Å². The van der Waals surface area contributed by atoms with E-state index in [1.54, 1.807) is 14.2 Å². The van der Waals surface area contributed by atoms with E-state index in [9.17, 15) is 0 Å². The zero-order valence-electron chi connectivity index (χ0n) is 18.2. The highest BCUT2D eigenvalue weighted by molar-refractivity contribution is 6.90. The summed E-state index contributed by atoms with van der Waals surface area (Å²) < 4.78 is 17.3. The van der Waals surface area contributed by atoms with Gasteiger partial charge in [0, 0.05) is 0 Å². The standard InChI is InChI=1S/C25H32O3Si/c1-6-29(7-2,8-3)24-18-17-23(28-24)25(19-9-13-21(26-4)14-10-19)20-11-15-22(27-5)16-12-20/h9-18,25H,6-8H2,1-5H3. The molecule has 0 aliphatic carbocycles. The topological polar surface area (TPSA) is 31.6 Å². The average molecular weight is 409 g/mol. The monoisotopic (exact) mass is 408 g/mol. The van der Waals surface area contributed by atoms with E-state index in [0.717, 1.165) is 17.3 Å². The summed E-state index contributed by atoms with van der Waals surface area (Å²) in [7, 11) is 1.83. The van der Waals surface area contributed by atoms with Crippen molar-refractivity contribution in [2.75, 3.05) is 14.2 Å². The summed E-state index contributed by atoms with van der Waals surface area (Å²) in [6.45, 7) is 6.93. The second kappa shape index (κ2) is 9.36. The highest BCUT2D eigenvalue weighted by Gasteiger charge is 2.34. The van der Waals surface area contributed by atoms with Gasteiger partial charge in [-0.05, 0) is 47.5 Å². The normalized spacial score (nSPS) is 11.7. The molecular formula is C25H32O3Si. The summed E-state index contributed by atoms with van der Waals surface area (Å²) in [4.78, 5) is 0. The summed E-state index contributed by atoms with van der Waals surface area (Å²) >= 11 is 0. The fourth-order valence-corrected chi connectivity index (χ4v) is 7.50. The summed E-state index contributed by atoms with van der Waals surface area (Å²) in [5.74, 6) is 2.76. The van der Waals surface area contributed by atoms with E-state index in [-0.39, 0.29) is 5.92 Å². The van der Waals surface area contributed by atoms with Gasteiger partial charge >= 0.3 is 0 Å². The van der Waals surface area contributed by atoms with Crippen LogP contribution in [-0.2, 0) is 0 Å². The lowest BCUT2D eigenvalue weighted by Gasteiger charge is -2.25. The zero-order chi connectivity index (χ0) is 20.9. The summed E-state index contributed by atoms with van der Waals surface area (Å²) in [6, 6.07) is 24.6. The zero-order valence-corrected chi connectivity index (χ0v) is 19.2. The number of hydrogen-bond donors (Lipinski definition) is 0. The Hall–Kier alpha value is -2.46. The molecule has 0 unspecified atom stereocenters. The van der Waals surface area contributed by atoms with Gasteiger partial charge in [0.1, 0.15) is 25.3 Å². The Morgan fingerprint density at radius 2 is 1.14 bits per heavy atom. The number of ether oxygens (including phenoxy) is 2. The number of hydrogen-bond acceptors (Lipinski definition) is 3. The van der Waals surface area contributed by atoms with Crippen LogP contribution in [0.3, 0.4) is 0 Å². The van der Waals surface area contributed by atoms with Gasteiger partial charge in [0.15, 0.2) is 0 Å². The molecule has 4 heteroatoms. The molecule has 154 valence electrons. The van der Waals surface area contributed by atoms with E-state index in [2.05, 4.69) is 57.2 Å². The van der Waals surface area contributed by atoms with Crippen molar-refractivity contribution in [3.8, 4) is 11.5 Å². The largest absolute Gasteiger partial charge is 0.497 e. The van der Waals surface area contributed by atoms with Crippen molar-refractivity contribution in [2.45, 2.75) is 44.8 Å². The third-order valence-corrected chi connectivity index (χ3v) is 11.7. The molecule has 0 N–H and O–H groups in total. The molecule has 0 bridgehead atoms. The molecule has 0 fully saturated rings. The van der Waals surface area contributed by atoms with Crippen molar-refractivity contribution in [2.24, 2.45) is 0 Å². The Labute approximate surface area is 175 Å². The molecule has 0 saturated carbocycles. The molecule has 3 nitrogen and oxygen atoms in total. The number of furan rings is 1. The lowest BCUT2D eigenvalue weighted by atomic mass is 9.89. The first-order valence-corrected chi connectivity index (χ1v) is 13.1. The minimum atomic E-state index is -1.56. The smallest absolute Gasteiger partial charge is 0.131 e. The van der Waals surface area contributed by atoms with Gasteiger partial charge < -0.3 is 13.9 Å². The fraction of sp³-hybridized carbons (Fsp3) is 0.360. The van der Waals surface area contributed by atoms with Gasteiger partial charge in [0.2, 0.25) is 0 Å². The van der Waals surface area contributed by atoms with Gasteiger partial charge in [-0.2, -0.15) is 0 Å². The Morgan fingerprint density at radius 1 is 0.690 bits per heavy atom. The van der Waals surface area contributed by atoms with Crippen molar-refractivity contribution in [3.63, 3.8) is 0 Å². The molecular weight excluding hydrogens is 376 g/mol. The molecule has 0 spiro atoms. The van der Waals surface area contributed by atoms with Crippen molar-refractivity contribution < 1.29 is 13.9 Å².